The van der Waals surface area contributed by atoms with Gasteiger partial charge < -0.3 is 10.1 Å². The number of nitrogens with zero attached hydrogens (tertiary/aromatic N) is 1. The fourth-order valence-corrected chi connectivity index (χ4v) is 1.74. The van der Waals surface area contributed by atoms with Crippen molar-refractivity contribution in [2.75, 3.05) is 34.4 Å². The Kier molecular flexibility index (Phi) is 8.14. The van der Waals surface area contributed by atoms with E-state index in [9.17, 15) is 0 Å². The van der Waals surface area contributed by atoms with Crippen LogP contribution in [0.4, 0.5) is 0 Å². The van der Waals surface area contributed by atoms with Crippen molar-refractivity contribution in [2.45, 2.75) is 38.8 Å². The third kappa shape index (κ3) is 4.94. The smallest absolute Gasteiger partial charge is 0.0615 e. The molecule has 0 saturated heterocycles. The second kappa shape index (κ2) is 8.21. The average molecular weight is 202 g/mol. The van der Waals surface area contributed by atoms with Gasteiger partial charge in [-0.2, -0.15) is 0 Å². The van der Waals surface area contributed by atoms with Crippen molar-refractivity contribution >= 4 is 0 Å². The molecule has 0 bridgehead atoms. The first-order chi connectivity index (χ1) is 6.67. The van der Waals surface area contributed by atoms with Gasteiger partial charge in [0, 0.05) is 25.7 Å². The number of rotatable bonds is 8. The molecule has 2 unspecified atom stereocenters. The minimum absolute atomic E-state index is 0.491. The zero-order chi connectivity index (χ0) is 11.0. The van der Waals surface area contributed by atoms with Gasteiger partial charge in [-0.25, -0.2) is 0 Å². The maximum absolute atomic E-state index is 5.17. The molecule has 0 aromatic rings. The molecule has 3 nitrogen and oxygen atoms in total. The third-order valence-electron chi connectivity index (χ3n) is 2.74. The molecule has 14 heavy (non-hydrogen) atoms. The van der Waals surface area contributed by atoms with Crippen LogP contribution in [0.15, 0.2) is 0 Å². The monoisotopic (exact) mass is 202 g/mol. The molecule has 0 aromatic heterocycles. The second-order valence-corrected chi connectivity index (χ2v) is 3.97. The second-order valence-electron chi connectivity index (χ2n) is 3.97. The van der Waals surface area contributed by atoms with Gasteiger partial charge in [0.15, 0.2) is 0 Å². The molecule has 86 valence electrons. The quantitative estimate of drug-likeness (QED) is 0.643. The van der Waals surface area contributed by atoms with E-state index in [1.807, 2.05) is 7.05 Å². The fraction of sp³-hybridized carbons (Fsp3) is 1.00. The van der Waals surface area contributed by atoms with Gasteiger partial charge >= 0.3 is 0 Å². The SMILES string of the molecule is CCCC(CNC)N(C)C(C)COC. The van der Waals surface area contributed by atoms with Crippen molar-refractivity contribution in [3.63, 3.8) is 0 Å². The van der Waals surface area contributed by atoms with E-state index in [0.717, 1.165) is 13.2 Å². The number of hydrogen-bond donors (Lipinski definition) is 1. The standard InChI is InChI=1S/C11H26N2O/c1-6-7-11(8-12-3)13(4)10(2)9-14-5/h10-12H,6-9H2,1-5H3. The lowest BCUT2D eigenvalue weighted by Gasteiger charge is -2.32. The molecule has 1 N–H and O–H groups in total. The third-order valence-corrected chi connectivity index (χ3v) is 2.74. The van der Waals surface area contributed by atoms with Crippen molar-refractivity contribution in [1.82, 2.24) is 10.2 Å². The van der Waals surface area contributed by atoms with E-state index in [1.165, 1.54) is 12.8 Å². The van der Waals surface area contributed by atoms with Crippen LogP contribution in [0, 0.1) is 0 Å². The van der Waals surface area contributed by atoms with Crippen molar-refractivity contribution in [2.24, 2.45) is 0 Å². The van der Waals surface area contributed by atoms with Crippen molar-refractivity contribution in [3.05, 3.63) is 0 Å². The summed E-state index contributed by atoms with van der Waals surface area (Å²) >= 11 is 0. The first kappa shape index (κ1) is 13.9. The first-order valence-electron chi connectivity index (χ1n) is 5.52. The van der Waals surface area contributed by atoms with E-state index in [1.54, 1.807) is 7.11 Å². The summed E-state index contributed by atoms with van der Waals surface area (Å²) in [7, 11) is 5.95. The fourth-order valence-electron chi connectivity index (χ4n) is 1.74. The van der Waals surface area contributed by atoms with Crippen LogP contribution < -0.4 is 5.32 Å². The van der Waals surface area contributed by atoms with Gasteiger partial charge in [0.25, 0.3) is 0 Å². The Hall–Kier alpha value is -0.120. The Morgan fingerprint density at radius 3 is 2.50 bits per heavy atom. The first-order valence-corrected chi connectivity index (χ1v) is 5.52. The number of hydrogen-bond acceptors (Lipinski definition) is 3. The summed E-state index contributed by atoms with van der Waals surface area (Å²) in [5, 5.41) is 3.25. The van der Waals surface area contributed by atoms with E-state index in [2.05, 4.69) is 31.1 Å². The number of nitrogens with one attached hydrogen (secondary N) is 1. The molecule has 0 rings (SSSR count). The Morgan fingerprint density at radius 2 is 2.07 bits per heavy atom. The molecular weight excluding hydrogens is 176 g/mol. The number of ether oxygens (including phenoxy) is 1. The van der Waals surface area contributed by atoms with Gasteiger partial charge in [-0.1, -0.05) is 13.3 Å². The molecule has 3 heteroatoms. The average Bonchev–Trinajstić information content (AvgIpc) is 2.17. The molecule has 0 radical (unpaired) electrons. The lowest BCUT2D eigenvalue weighted by atomic mass is 10.1. The van der Waals surface area contributed by atoms with Gasteiger partial charge in [-0.3, -0.25) is 4.90 Å². The van der Waals surface area contributed by atoms with Gasteiger partial charge in [0.1, 0.15) is 0 Å². The van der Waals surface area contributed by atoms with Crippen molar-refractivity contribution in [3.8, 4) is 0 Å². The summed E-state index contributed by atoms with van der Waals surface area (Å²) in [5.74, 6) is 0. The normalized spacial score (nSPS) is 15.9. The molecule has 0 fully saturated rings. The lowest BCUT2D eigenvalue weighted by Crippen LogP contribution is -2.45. The highest BCUT2D eigenvalue weighted by atomic mass is 16.5. The molecule has 2 atom stereocenters. The van der Waals surface area contributed by atoms with Crippen LogP contribution in [-0.2, 0) is 4.74 Å². The summed E-state index contributed by atoms with van der Waals surface area (Å²) in [5.41, 5.74) is 0. The minimum atomic E-state index is 0.491. The lowest BCUT2D eigenvalue weighted by molar-refractivity contribution is 0.0860. The van der Waals surface area contributed by atoms with Gasteiger partial charge in [-0.05, 0) is 27.4 Å². The topological polar surface area (TPSA) is 24.5 Å². The molecular formula is C11H26N2O. The highest BCUT2D eigenvalue weighted by molar-refractivity contribution is 4.74. The Balaban J connectivity index is 4.03. The van der Waals surface area contributed by atoms with Crippen LogP contribution in [0.1, 0.15) is 26.7 Å². The predicted molar refractivity (Wildman–Crippen MR) is 61.7 cm³/mol. The van der Waals surface area contributed by atoms with Gasteiger partial charge in [0.2, 0.25) is 0 Å². The van der Waals surface area contributed by atoms with Crippen LogP contribution >= 0.6 is 0 Å². The number of likely N-dealkylation sites (N-methyl/N-ethyl adjacent to an activating group) is 2. The predicted octanol–water partition coefficient (Wildman–Crippen LogP) is 1.34. The molecule has 0 aliphatic carbocycles. The highest BCUT2D eigenvalue weighted by Gasteiger charge is 2.17. The largest absolute Gasteiger partial charge is 0.383 e. The van der Waals surface area contributed by atoms with Crippen LogP contribution in [0.25, 0.3) is 0 Å². The summed E-state index contributed by atoms with van der Waals surface area (Å²) in [6.45, 7) is 6.30. The molecule has 0 aliphatic heterocycles. The van der Waals surface area contributed by atoms with Crippen LogP contribution in [0.2, 0.25) is 0 Å². The molecule has 0 aromatic carbocycles. The molecule has 0 heterocycles. The molecule has 0 spiro atoms. The van der Waals surface area contributed by atoms with Crippen LogP contribution in [0.3, 0.4) is 0 Å². The molecule has 0 amide bonds. The van der Waals surface area contributed by atoms with E-state index in [4.69, 9.17) is 4.74 Å². The molecule has 0 saturated carbocycles. The van der Waals surface area contributed by atoms with Gasteiger partial charge in [-0.15, -0.1) is 0 Å². The van der Waals surface area contributed by atoms with Crippen LogP contribution in [0.5, 0.6) is 0 Å². The van der Waals surface area contributed by atoms with E-state index >= 15 is 0 Å². The maximum Gasteiger partial charge on any atom is 0.0615 e. The minimum Gasteiger partial charge on any atom is -0.383 e. The number of methoxy groups -OCH3 is 1. The van der Waals surface area contributed by atoms with E-state index in [-0.39, 0.29) is 0 Å². The Labute approximate surface area is 88.8 Å². The Bertz CT molecular complexity index is 124. The highest BCUT2D eigenvalue weighted by Crippen LogP contribution is 2.08. The maximum atomic E-state index is 5.17. The van der Waals surface area contributed by atoms with Crippen molar-refractivity contribution < 1.29 is 4.74 Å². The zero-order valence-corrected chi connectivity index (χ0v) is 10.3. The van der Waals surface area contributed by atoms with Crippen molar-refractivity contribution in [1.29, 1.82) is 0 Å². The summed E-state index contributed by atoms with van der Waals surface area (Å²) in [6.07, 6.45) is 2.47. The van der Waals surface area contributed by atoms with Crippen LogP contribution in [-0.4, -0.2) is 51.3 Å². The van der Waals surface area contributed by atoms with Gasteiger partial charge in [0.05, 0.1) is 6.61 Å². The summed E-state index contributed by atoms with van der Waals surface area (Å²) in [4.78, 5) is 2.41. The summed E-state index contributed by atoms with van der Waals surface area (Å²) in [6, 6.07) is 1.11. The summed E-state index contributed by atoms with van der Waals surface area (Å²) < 4.78 is 5.17. The van der Waals surface area contributed by atoms with E-state index in [0.29, 0.717) is 12.1 Å². The zero-order valence-electron chi connectivity index (χ0n) is 10.3. The Morgan fingerprint density at radius 1 is 1.43 bits per heavy atom. The molecule has 0 aliphatic rings. The van der Waals surface area contributed by atoms with E-state index < -0.39 is 0 Å².